The number of aliphatic hydroxyl groups excluding tert-OH is 1. The van der Waals surface area contributed by atoms with Crippen LogP contribution < -0.4 is 5.32 Å². The van der Waals surface area contributed by atoms with Crippen LogP contribution in [0, 0.1) is 5.41 Å². The van der Waals surface area contributed by atoms with Crippen LogP contribution in [0.5, 0.6) is 0 Å². The Morgan fingerprint density at radius 1 is 1.25 bits per heavy atom. The summed E-state index contributed by atoms with van der Waals surface area (Å²) in [5.41, 5.74) is 0.724. The van der Waals surface area contributed by atoms with E-state index in [1.165, 1.54) is 6.42 Å². The van der Waals surface area contributed by atoms with E-state index in [1.807, 2.05) is 18.2 Å². The minimum Gasteiger partial charge on any atom is -0.396 e. The summed E-state index contributed by atoms with van der Waals surface area (Å²) in [6.45, 7) is 0.714. The summed E-state index contributed by atoms with van der Waals surface area (Å²) in [5, 5.41) is 13.2. The SMILES string of the molecule is O=C(Cc1ccccc1Cl)NCC1(CO)CCCCC1. The predicted molar refractivity (Wildman–Crippen MR) is 80.8 cm³/mol. The maximum Gasteiger partial charge on any atom is 0.224 e. The van der Waals surface area contributed by atoms with Gasteiger partial charge in [-0.15, -0.1) is 0 Å². The number of nitrogens with one attached hydrogen (secondary N) is 1. The summed E-state index contributed by atoms with van der Waals surface area (Å²) in [7, 11) is 0. The molecule has 3 nitrogen and oxygen atoms in total. The molecule has 1 aliphatic rings. The first-order chi connectivity index (χ1) is 9.65. The van der Waals surface area contributed by atoms with Gasteiger partial charge < -0.3 is 10.4 Å². The summed E-state index contributed by atoms with van der Waals surface area (Å²) < 4.78 is 0. The maximum absolute atomic E-state index is 12.0. The largest absolute Gasteiger partial charge is 0.396 e. The summed E-state index contributed by atoms with van der Waals surface area (Å²) in [6, 6.07) is 7.39. The maximum atomic E-state index is 12.0. The average molecular weight is 296 g/mol. The Morgan fingerprint density at radius 2 is 1.95 bits per heavy atom. The molecule has 1 aromatic carbocycles. The zero-order chi connectivity index (χ0) is 14.4. The van der Waals surface area contributed by atoms with Crippen molar-refractivity contribution in [1.82, 2.24) is 5.32 Å². The second-order valence-corrected chi connectivity index (χ2v) is 6.17. The van der Waals surface area contributed by atoms with E-state index in [2.05, 4.69) is 5.32 Å². The van der Waals surface area contributed by atoms with Crippen LogP contribution in [-0.2, 0) is 11.2 Å². The molecule has 1 saturated carbocycles. The molecule has 0 aliphatic heterocycles. The minimum absolute atomic E-state index is 0.0310. The van der Waals surface area contributed by atoms with Crippen molar-refractivity contribution in [2.45, 2.75) is 38.5 Å². The number of hydrogen-bond donors (Lipinski definition) is 2. The second-order valence-electron chi connectivity index (χ2n) is 5.76. The van der Waals surface area contributed by atoms with Gasteiger partial charge in [-0.05, 0) is 24.5 Å². The first kappa shape index (κ1) is 15.3. The highest BCUT2D eigenvalue weighted by atomic mass is 35.5. The van der Waals surface area contributed by atoms with E-state index < -0.39 is 0 Å². The third-order valence-electron chi connectivity index (χ3n) is 4.22. The van der Waals surface area contributed by atoms with Gasteiger partial charge in [-0.1, -0.05) is 49.1 Å². The minimum atomic E-state index is -0.117. The summed E-state index contributed by atoms with van der Waals surface area (Å²) in [5.74, 6) is -0.0310. The molecule has 0 saturated heterocycles. The molecule has 0 spiro atoms. The number of amides is 1. The molecule has 110 valence electrons. The standard InChI is InChI=1S/C16H22ClNO2/c17-14-7-3-2-6-13(14)10-15(20)18-11-16(12-19)8-4-1-5-9-16/h2-3,6-7,19H,1,4-5,8-12H2,(H,18,20). The molecule has 0 unspecified atom stereocenters. The fourth-order valence-electron chi connectivity index (χ4n) is 2.86. The molecule has 2 N–H and O–H groups in total. The van der Waals surface area contributed by atoms with Gasteiger partial charge >= 0.3 is 0 Å². The summed E-state index contributed by atoms with van der Waals surface area (Å²) in [4.78, 5) is 12.0. The third kappa shape index (κ3) is 3.97. The predicted octanol–water partition coefficient (Wildman–Crippen LogP) is 2.94. The van der Waals surface area contributed by atoms with Crippen molar-refractivity contribution in [3.63, 3.8) is 0 Å². The van der Waals surface area contributed by atoms with Gasteiger partial charge in [0.2, 0.25) is 5.91 Å². The van der Waals surface area contributed by atoms with Gasteiger partial charge in [0.25, 0.3) is 0 Å². The van der Waals surface area contributed by atoms with Crippen LogP contribution in [-0.4, -0.2) is 24.2 Å². The Kier molecular flexibility index (Phi) is 5.44. The molecule has 0 bridgehead atoms. The zero-order valence-electron chi connectivity index (χ0n) is 11.7. The van der Waals surface area contributed by atoms with E-state index in [0.29, 0.717) is 18.0 Å². The van der Waals surface area contributed by atoms with Crippen molar-refractivity contribution in [3.05, 3.63) is 34.9 Å². The molecule has 0 radical (unpaired) electrons. The Bertz CT molecular complexity index is 456. The number of benzene rings is 1. The molecule has 1 amide bonds. The molecule has 1 fully saturated rings. The number of rotatable bonds is 5. The van der Waals surface area contributed by atoms with Crippen LogP contribution in [0.1, 0.15) is 37.7 Å². The van der Waals surface area contributed by atoms with E-state index in [9.17, 15) is 9.90 Å². The Morgan fingerprint density at radius 3 is 2.60 bits per heavy atom. The zero-order valence-corrected chi connectivity index (χ0v) is 12.5. The highest BCUT2D eigenvalue weighted by molar-refractivity contribution is 6.31. The lowest BCUT2D eigenvalue weighted by atomic mass is 9.74. The fraction of sp³-hybridized carbons (Fsp3) is 0.562. The number of carbonyl (C=O) groups excluding carboxylic acids is 1. The topological polar surface area (TPSA) is 49.3 Å². The molecule has 2 rings (SSSR count). The van der Waals surface area contributed by atoms with Gasteiger partial charge in [0.05, 0.1) is 13.0 Å². The molecule has 0 atom stereocenters. The molecule has 0 aromatic heterocycles. The smallest absolute Gasteiger partial charge is 0.224 e. The first-order valence-electron chi connectivity index (χ1n) is 7.26. The van der Waals surface area contributed by atoms with Crippen molar-refractivity contribution in [1.29, 1.82) is 0 Å². The number of carbonyl (C=O) groups is 1. The van der Waals surface area contributed by atoms with Crippen LogP contribution in [0.4, 0.5) is 0 Å². The van der Waals surface area contributed by atoms with Crippen molar-refractivity contribution < 1.29 is 9.90 Å². The third-order valence-corrected chi connectivity index (χ3v) is 4.59. The van der Waals surface area contributed by atoms with Crippen molar-refractivity contribution in [2.24, 2.45) is 5.41 Å². The summed E-state index contributed by atoms with van der Waals surface area (Å²) >= 11 is 6.05. The molecule has 1 aliphatic carbocycles. The monoisotopic (exact) mass is 295 g/mol. The van der Waals surface area contributed by atoms with Gasteiger partial charge in [-0.2, -0.15) is 0 Å². The van der Waals surface area contributed by atoms with Crippen LogP contribution in [0.25, 0.3) is 0 Å². The quantitative estimate of drug-likeness (QED) is 0.877. The van der Waals surface area contributed by atoms with Crippen LogP contribution >= 0.6 is 11.6 Å². The fourth-order valence-corrected chi connectivity index (χ4v) is 3.06. The van der Waals surface area contributed by atoms with Crippen molar-refractivity contribution in [2.75, 3.05) is 13.2 Å². The molecular weight excluding hydrogens is 274 g/mol. The molecule has 20 heavy (non-hydrogen) atoms. The first-order valence-corrected chi connectivity index (χ1v) is 7.64. The average Bonchev–Trinajstić information content (AvgIpc) is 2.49. The molecular formula is C16H22ClNO2. The van der Waals surface area contributed by atoms with Crippen LogP contribution in [0.3, 0.4) is 0 Å². The number of aliphatic hydroxyl groups is 1. The van der Waals surface area contributed by atoms with Gasteiger partial charge in [0.1, 0.15) is 0 Å². The lowest BCUT2D eigenvalue weighted by molar-refractivity contribution is -0.121. The van der Waals surface area contributed by atoms with Gasteiger partial charge in [-0.3, -0.25) is 4.79 Å². The molecule has 0 heterocycles. The second kappa shape index (κ2) is 7.09. The van der Waals surface area contributed by atoms with E-state index in [1.54, 1.807) is 6.07 Å². The lowest BCUT2D eigenvalue weighted by Gasteiger charge is -2.35. The van der Waals surface area contributed by atoms with E-state index in [-0.39, 0.29) is 17.9 Å². The van der Waals surface area contributed by atoms with Crippen LogP contribution in [0.2, 0.25) is 5.02 Å². The molecule has 1 aromatic rings. The lowest BCUT2D eigenvalue weighted by Crippen LogP contribution is -2.41. The van der Waals surface area contributed by atoms with Gasteiger partial charge in [-0.25, -0.2) is 0 Å². The highest BCUT2D eigenvalue weighted by Crippen LogP contribution is 2.35. The summed E-state index contributed by atoms with van der Waals surface area (Å²) in [6.07, 6.45) is 5.80. The number of halogens is 1. The Labute approximate surface area is 125 Å². The van der Waals surface area contributed by atoms with E-state index in [4.69, 9.17) is 11.6 Å². The van der Waals surface area contributed by atoms with E-state index in [0.717, 1.165) is 31.2 Å². The highest BCUT2D eigenvalue weighted by Gasteiger charge is 2.31. The number of hydrogen-bond acceptors (Lipinski definition) is 2. The van der Waals surface area contributed by atoms with Gasteiger partial charge in [0, 0.05) is 17.0 Å². The Hall–Kier alpha value is -1.06. The van der Waals surface area contributed by atoms with Crippen LogP contribution in [0.15, 0.2) is 24.3 Å². The normalized spacial score (nSPS) is 17.7. The van der Waals surface area contributed by atoms with E-state index >= 15 is 0 Å². The Balaban J connectivity index is 1.87. The molecule has 4 heteroatoms. The van der Waals surface area contributed by atoms with Crippen molar-refractivity contribution >= 4 is 17.5 Å². The van der Waals surface area contributed by atoms with Crippen molar-refractivity contribution in [3.8, 4) is 0 Å². The van der Waals surface area contributed by atoms with Gasteiger partial charge in [0.15, 0.2) is 0 Å².